The normalized spacial score (nSPS) is 15.5. The molecule has 1 aliphatic rings. The highest BCUT2D eigenvalue weighted by atomic mass is 19.4. The Kier molecular flexibility index (Phi) is 6.38. The molecular formula is C25H26F3NO4. The van der Waals surface area contributed by atoms with Gasteiger partial charge in [-0.15, -0.1) is 0 Å². The van der Waals surface area contributed by atoms with E-state index in [0.717, 1.165) is 54.8 Å². The van der Waals surface area contributed by atoms with E-state index < -0.39 is 28.9 Å². The van der Waals surface area contributed by atoms with E-state index in [1.165, 1.54) is 12.1 Å². The van der Waals surface area contributed by atoms with Crippen molar-refractivity contribution in [3.05, 3.63) is 63.0 Å². The maximum Gasteiger partial charge on any atom is 0.453 e. The van der Waals surface area contributed by atoms with Crippen molar-refractivity contribution >= 4 is 11.0 Å². The fraction of sp³-hybridized carbons (Fsp3) is 0.400. The number of alkyl halides is 3. The molecule has 1 N–H and O–H groups in total. The van der Waals surface area contributed by atoms with Crippen LogP contribution in [0.25, 0.3) is 11.0 Å². The quantitative estimate of drug-likeness (QED) is 0.631. The van der Waals surface area contributed by atoms with Crippen LogP contribution in [0, 0.1) is 13.8 Å². The van der Waals surface area contributed by atoms with Crippen LogP contribution < -0.4 is 20.2 Å². The second-order valence-electron chi connectivity index (χ2n) is 8.77. The molecule has 176 valence electrons. The topological polar surface area (TPSA) is 66.9 Å². The number of quaternary nitrogens is 1. The molecule has 2 heterocycles. The summed E-state index contributed by atoms with van der Waals surface area (Å²) in [6.07, 6.45) is -0.821. The van der Waals surface area contributed by atoms with E-state index in [2.05, 4.69) is 0 Å². The Morgan fingerprint density at radius 2 is 1.67 bits per heavy atom. The molecule has 0 saturated carbocycles. The van der Waals surface area contributed by atoms with Crippen LogP contribution in [0.4, 0.5) is 13.2 Å². The number of rotatable bonds is 4. The number of hydrogen-bond donors (Lipinski definition) is 1. The van der Waals surface area contributed by atoms with Gasteiger partial charge in [0.2, 0.25) is 11.2 Å². The lowest BCUT2D eigenvalue weighted by molar-refractivity contribution is -0.913. The smallest absolute Gasteiger partial charge is 0.453 e. The van der Waals surface area contributed by atoms with Gasteiger partial charge in [-0.3, -0.25) is 4.79 Å². The average molecular weight is 461 g/mol. The van der Waals surface area contributed by atoms with Gasteiger partial charge in [0.15, 0.2) is 0 Å². The first-order valence-corrected chi connectivity index (χ1v) is 11.1. The molecule has 1 fully saturated rings. The highest BCUT2D eigenvalue weighted by molar-refractivity contribution is 5.83. The maximum atomic E-state index is 14.0. The first kappa shape index (κ1) is 23.2. The molecule has 5 nitrogen and oxygen atoms in total. The standard InChI is InChI=1S/C25H26F3NO4/c1-15-11-16(2)13-17(12-15)32-23-21(31)18-7-8-20(30)19(14-29-9-5-3-4-6-10-29)22(18)33-24(23)25(26,27)28/h7-8,11-13,30H,3-6,9-10,14H2,1-2H3. The second kappa shape index (κ2) is 9.09. The Morgan fingerprint density at radius 1 is 1.03 bits per heavy atom. The monoisotopic (exact) mass is 461 g/mol. The van der Waals surface area contributed by atoms with Gasteiger partial charge in [-0.1, -0.05) is 17.9 Å². The van der Waals surface area contributed by atoms with E-state index in [4.69, 9.17) is 9.15 Å². The number of ether oxygens (including phenoxy) is 1. The summed E-state index contributed by atoms with van der Waals surface area (Å²) in [6, 6.07) is 7.38. The van der Waals surface area contributed by atoms with Crippen LogP contribution in [-0.4, -0.2) is 13.1 Å². The number of fused-ring (bicyclic) bond motifs is 1. The number of halogens is 3. The van der Waals surface area contributed by atoms with Crippen molar-refractivity contribution in [3.8, 4) is 17.2 Å². The molecule has 3 aromatic rings. The van der Waals surface area contributed by atoms with Gasteiger partial charge in [-0.05, 0) is 68.9 Å². The van der Waals surface area contributed by atoms with Crippen molar-refractivity contribution in [2.75, 3.05) is 13.1 Å². The van der Waals surface area contributed by atoms with Crippen molar-refractivity contribution in [1.29, 1.82) is 0 Å². The minimum absolute atomic E-state index is 0.0915. The highest BCUT2D eigenvalue weighted by Gasteiger charge is 2.41. The minimum atomic E-state index is -4.98. The zero-order valence-corrected chi connectivity index (χ0v) is 18.6. The highest BCUT2D eigenvalue weighted by Crippen LogP contribution is 2.39. The van der Waals surface area contributed by atoms with Gasteiger partial charge >= 0.3 is 6.18 Å². The van der Waals surface area contributed by atoms with Gasteiger partial charge in [0.05, 0.1) is 18.5 Å². The fourth-order valence-electron chi connectivity index (χ4n) is 4.49. The van der Waals surface area contributed by atoms with Crippen LogP contribution in [0.2, 0.25) is 0 Å². The molecule has 2 aromatic carbocycles. The predicted octanol–water partition coefficient (Wildman–Crippen LogP) is 4.25. The second-order valence-corrected chi connectivity index (χ2v) is 8.77. The van der Waals surface area contributed by atoms with Crippen LogP contribution in [0.5, 0.6) is 17.2 Å². The van der Waals surface area contributed by atoms with Crippen LogP contribution in [0.15, 0.2) is 39.5 Å². The third-order valence-corrected chi connectivity index (χ3v) is 5.99. The van der Waals surface area contributed by atoms with Crippen molar-refractivity contribution in [2.45, 2.75) is 52.3 Å². The third kappa shape index (κ3) is 5.00. The Hall–Kier alpha value is -3.00. The molecule has 0 bridgehead atoms. The fourth-order valence-corrected chi connectivity index (χ4v) is 4.49. The van der Waals surface area contributed by atoms with Crippen LogP contribution >= 0.6 is 0 Å². The zero-order valence-electron chi connectivity index (χ0n) is 18.6. The Morgan fingerprint density at radius 3 is 2.27 bits per heavy atom. The van der Waals surface area contributed by atoms with Crippen LogP contribution in [-0.2, 0) is 12.7 Å². The molecule has 0 amide bonds. The number of likely N-dealkylation sites (tertiary alicyclic amines) is 1. The van der Waals surface area contributed by atoms with Crippen molar-refractivity contribution in [1.82, 2.24) is 0 Å². The van der Waals surface area contributed by atoms with Crippen molar-refractivity contribution in [2.24, 2.45) is 0 Å². The molecule has 0 atom stereocenters. The van der Waals surface area contributed by atoms with Gasteiger partial charge in [-0.2, -0.15) is 13.2 Å². The lowest BCUT2D eigenvalue weighted by Crippen LogP contribution is -3.10. The molecule has 1 aromatic heterocycles. The largest absolute Gasteiger partial charge is 0.872 e. The summed E-state index contributed by atoms with van der Waals surface area (Å²) in [4.78, 5) is 14.3. The Labute approximate surface area is 189 Å². The summed E-state index contributed by atoms with van der Waals surface area (Å²) in [5.41, 5.74) is 0.411. The summed E-state index contributed by atoms with van der Waals surface area (Å²) < 4.78 is 52.7. The molecule has 33 heavy (non-hydrogen) atoms. The van der Waals surface area contributed by atoms with Gasteiger partial charge in [0, 0.05) is 5.56 Å². The van der Waals surface area contributed by atoms with Crippen molar-refractivity contribution < 1.29 is 32.3 Å². The molecule has 0 radical (unpaired) electrons. The number of benzene rings is 2. The van der Waals surface area contributed by atoms with E-state index in [1.54, 1.807) is 26.0 Å². The maximum absolute atomic E-state index is 14.0. The van der Waals surface area contributed by atoms with E-state index in [9.17, 15) is 23.1 Å². The molecule has 0 aliphatic carbocycles. The first-order chi connectivity index (χ1) is 15.6. The predicted molar refractivity (Wildman–Crippen MR) is 116 cm³/mol. The molecule has 4 rings (SSSR count). The molecule has 1 saturated heterocycles. The lowest BCUT2D eigenvalue weighted by atomic mass is 10.1. The van der Waals surface area contributed by atoms with Crippen LogP contribution in [0.1, 0.15) is 48.1 Å². The van der Waals surface area contributed by atoms with E-state index >= 15 is 0 Å². The Bertz CT molecular complexity index is 1200. The van der Waals surface area contributed by atoms with E-state index in [0.29, 0.717) is 0 Å². The summed E-state index contributed by atoms with van der Waals surface area (Å²) in [7, 11) is 0. The average Bonchev–Trinajstić information content (AvgIpc) is 2.99. The Balaban J connectivity index is 1.87. The van der Waals surface area contributed by atoms with E-state index in [-0.39, 0.29) is 28.8 Å². The SMILES string of the molecule is Cc1cc(C)cc(Oc2c(C(F)(F)F)oc3c(C[NH+]4CCCCCC4)c([O-])ccc3c2=O)c1. The lowest BCUT2D eigenvalue weighted by Gasteiger charge is -2.22. The van der Waals surface area contributed by atoms with Crippen molar-refractivity contribution in [3.63, 3.8) is 0 Å². The van der Waals surface area contributed by atoms with Gasteiger partial charge < -0.3 is 19.2 Å². The molecular weight excluding hydrogens is 435 g/mol. The molecule has 1 aliphatic heterocycles. The summed E-state index contributed by atoms with van der Waals surface area (Å²) in [5.74, 6) is -2.78. The summed E-state index contributed by atoms with van der Waals surface area (Å²) in [5, 5.41) is 12.5. The number of hydrogen-bond acceptors (Lipinski definition) is 4. The molecule has 8 heteroatoms. The number of aryl methyl sites for hydroxylation is 2. The number of nitrogens with one attached hydrogen (secondary N) is 1. The summed E-state index contributed by atoms with van der Waals surface area (Å²) in [6.45, 7) is 5.41. The van der Waals surface area contributed by atoms with Crippen LogP contribution in [0.3, 0.4) is 0 Å². The van der Waals surface area contributed by atoms with Gasteiger partial charge in [-0.25, -0.2) is 0 Å². The summed E-state index contributed by atoms with van der Waals surface area (Å²) >= 11 is 0. The van der Waals surface area contributed by atoms with Gasteiger partial charge in [0.25, 0.3) is 5.76 Å². The van der Waals surface area contributed by atoms with Gasteiger partial charge in [0.1, 0.15) is 17.9 Å². The first-order valence-electron chi connectivity index (χ1n) is 11.1. The molecule has 0 spiro atoms. The molecule has 0 unspecified atom stereocenters. The van der Waals surface area contributed by atoms with E-state index in [1.807, 2.05) is 6.07 Å². The third-order valence-electron chi connectivity index (χ3n) is 5.99. The minimum Gasteiger partial charge on any atom is -0.872 e. The zero-order chi connectivity index (χ0) is 23.8.